The molecule has 0 rings (SSSR count). The number of nitrogens with one attached hydrogen (secondary N) is 1. The van der Waals surface area contributed by atoms with Crippen molar-refractivity contribution in [2.45, 2.75) is 33.3 Å². The van der Waals surface area contributed by atoms with Crippen LogP contribution in [0.2, 0.25) is 0 Å². The zero-order valence-corrected chi connectivity index (χ0v) is 11.3. The van der Waals surface area contributed by atoms with E-state index < -0.39 is 11.7 Å². The summed E-state index contributed by atoms with van der Waals surface area (Å²) in [6, 6.07) is 0. The number of ether oxygens (including phenoxy) is 2. The lowest BCUT2D eigenvalue weighted by atomic mass is 10.2. The molecule has 0 saturated carbocycles. The molecule has 0 spiro atoms. The molecule has 0 aliphatic carbocycles. The molecule has 1 amide bonds. The van der Waals surface area contributed by atoms with Crippen LogP contribution in [0.5, 0.6) is 0 Å². The highest BCUT2D eigenvalue weighted by Gasteiger charge is 2.21. The molecule has 0 unspecified atom stereocenters. The van der Waals surface area contributed by atoms with Crippen LogP contribution in [0.4, 0.5) is 4.79 Å². The van der Waals surface area contributed by atoms with Gasteiger partial charge in [-0.15, -0.1) is 5.92 Å². The average Bonchev–Trinajstić information content (AvgIpc) is 2.20. The van der Waals surface area contributed by atoms with Crippen molar-refractivity contribution in [2.75, 3.05) is 26.8 Å². The topological polar surface area (TPSA) is 50.8 Å². The Hall–Kier alpha value is -1.25. The Morgan fingerprint density at radius 2 is 2.06 bits per heavy atom. The molecule has 0 fully saturated rings. The van der Waals surface area contributed by atoms with Gasteiger partial charge in [0.05, 0.1) is 19.7 Å². The van der Waals surface area contributed by atoms with Crippen LogP contribution in [0.3, 0.4) is 0 Å². The fourth-order valence-electron chi connectivity index (χ4n) is 0.958. The van der Waals surface area contributed by atoms with Crippen LogP contribution in [0, 0.1) is 11.8 Å². The van der Waals surface area contributed by atoms with Gasteiger partial charge < -0.3 is 9.47 Å². The van der Waals surface area contributed by atoms with Crippen LogP contribution < -0.4 is 5.43 Å². The number of hydrogen-bond acceptors (Lipinski definition) is 4. The lowest BCUT2D eigenvalue weighted by Gasteiger charge is -2.27. The maximum absolute atomic E-state index is 11.8. The summed E-state index contributed by atoms with van der Waals surface area (Å²) in [5, 5.41) is 1.37. The molecule has 0 aromatic heterocycles. The van der Waals surface area contributed by atoms with Crippen LogP contribution >= 0.6 is 0 Å². The lowest BCUT2D eigenvalue weighted by molar-refractivity contribution is 0.00910. The summed E-state index contributed by atoms with van der Waals surface area (Å²) in [6.45, 7) is 8.47. The second-order valence-corrected chi connectivity index (χ2v) is 4.39. The van der Waals surface area contributed by atoms with E-state index in [4.69, 9.17) is 9.47 Å². The van der Waals surface area contributed by atoms with Crippen molar-refractivity contribution in [3.63, 3.8) is 0 Å². The third-order valence-corrected chi connectivity index (χ3v) is 1.67. The van der Waals surface area contributed by atoms with E-state index in [-0.39, 0.29) is 0 Å². The van der Waals surface area contributed by atoms with Crippen LogP contribution in [0.15, 0.2) is 0 Å². The number of methoxy groups -OCH3 is 1. The number of carbonyl (C=O) groups is 1. The van der Waals surface area contributed by atoms with Gasteiger partial charge in [0, 0.05) is 7.11 Å². The number of rotatable bonds is 5. The quantitative estimate of drug-likeness (QED) is 0.585. The molecule has 0 heterocycles. The summed E-state index contributed by atoms with van der Waals surface area (Å²) in [7, 11) is 1.58. The highest BCUT2D eigenvalue weighted by molar-refractivity contribution is 5.67. The third kappa shape index (κ3) is 8.55. The number of hydrazine groups is 1. The van der Waals surface area contributed by atoms with Crippen molar-refractivity contribution in [2.24, 2.45) is 0 Å². The number of carbonyl (C=O) groups excluding carboxylic acids is 1. The van der Waals surface area contributed by atoms with Gasteiger partial charge in [0.25, 0.3) is 0 Å². The Balaban J connectivity index is 4.32. The van der Waals surface area contributed by atoms with E-state index in [1.54, 1.807) is 14.0 Å². The van der Waals surface area contributed by atoms with E-state index in [0.717, 1.165) is 0 Å². The van der Waals surface area contributed by atoms with Crippen LogP contribution in [0.25, 0.3) is 0 Å². The van der Waals surface area contributed by atoms with Crippen molar-refractivity contribution in [1.29, 1.82) is 0 Å². The van der Waals surface area contributed by atoms with Gasteiger partial charge in [0.1, 0.15) is 5.60 Å². The normalized spacial score (nSPS) is 10.4. The first-order chi connectivity index (χ1) is 7.90. The van der Waals surface area contributed by atoms with Crippen LogP contribution in [-0.4, -0.2) is 43.5 Å². The second kappa shape index (κ2) is 7.93. The van der Waals surface area contributed by atoms with Gasteiger partial charge in [0.15, 0.2) is 0 Å². The Kier molecular flexibility index (Phi) is 7.35. The van der Waals surface area contributed by atoms with E-state index in [1.165, 1.54) is 5.01 Å². The zero-order chi connectivity index (χ0) is 13.3. The smallest absolute Gasteiger partial charge is 0.424 e. The van der Waals surface area contributed by atoms with E-state index >= 15 is 0 Å². The highest BCUT2D eigenvalue weighted by Crippen LogP contribution is 2.08. The first-order valence-corrected chi connectivity index (χ1v) is 5.53. The Morgan fingerprint density at radius 3 is 2.53 bits per heavy atom. The van der Waals surface area contributed by atoms with Gasteiger partial charge in [-0.05, 0) is 27.7 Å². The fourth-order valence-corrected chi connectivity index (χ4v) is 0.958. The summed E-state index contributed by atoms with van der Waals surface area (Å²) in [5.41, 5.74) is 2.37. The van der Waals surface area contributed by atoms with Crippen LogP contribution in [0.1, 0.15) is 27.7 Å². The molecule has 0 aliphatic rings. The molecule has 98 valence electrons. The Morgan fingerprint density at radius 1 is 1.41 bits per heavy atom. The van der Waals surface area contributed by atoms with E-state index in [0.29, 0.717) is 19.7 Å². The third-order valence-electron chi connectivity index (χ3n) is 1.67. The minimum absolute atomic E-state index is 0.402. The van der Waals surface area contributed by atoms with Gasteiger partial charge in [-0.25, -0.2) is 15.2 Å². The zero-order valence-electron chi connectivity index (χ0n) is 11.3. The molecule has 0 atom stereocenters. The Labute approximate surface area is 103 Å². The second-order valence-electron chi connectivity index (χ2n) is 4.39. The highest BCUT2D eigenvalue weighted by atomic mass is 16.6. The fraction of sp³-hybridized carbons (Fsp3) is 0.750. The largest absolute Gasteiger partial charge is 0.443 e. The minimum atomic E-state index is -0.513. The molecule has 1 N–H and O–H groups in total. The predicted octanol–water partition coefficient (Wildman–Crippen LogP) is 1.40. The monoisotopic (exact) mass is 242 g/mol. The molecular formula is C12H22N2O3. The molecule has 0 bridgehead atoms. The summed E-state index contributed by atoms with van der Waals surface area (Å²) >= 11 is 0. The molecule has 0 saturated heterocycles. The van der Waals surface area contributed by atoms with Gasteiger partial charge in [0.2, 0.25) is 0 Å². The molecule has 0 aromatic rings. The first-order valence-electron chi connectivity index (χ1n) is 5.53. The molecule has 5 nitrogen and oxygen atoms in total. The van der Waals surface area contributed by atoms with Gasteiger partial charge in [-0.1, -0.05) is 5.92 Å². The molecule has 5 heteroatoms. The molecule has 0 radical (unpaired) electrons. The number of hydrogen-bond donors (Lipinski definition) is 1. The lowest BCUT2D eigenvalue weighted by Crippen LogP contribution is -2.47. The van der Waals surface area contributed by atoms with E-state index in [2.05, 4.69) is 17.3 Å². The molecule has 0 aliphatic heterocycles. The minimum Gasteiger partial charge on any atom is -0.443 e. The van der Waals surface area contributed by atoms with Gasteiger partial charge >= 0.3 is 6.09 Å². The van der Waals surface area contributed by atoms with Crippen molar-refractivity contribution >= 4 is 6.09 Å². The summed E-state index contributed by atoms with van der Waals surface area (Å²) < 4.78 is 10.2. The van der Waals surface area contributed by atoms with Gasteiger partial charge in [-0.2, -0.15) is 0 Å². The summed E-state index contributed by atoms with van der Waals surface area (Å²) in [4.78, 5) is 11.8. The summed E-state index contributed by atoms with van der Waals surface area (Å²) in [6.07, 6.45) is -0.424. The first kappa shape index (κ1) is 15.8. The van der Waals surface area contributed by atoms with Gasteiger partial charge in [-0.3, -0.25) is 0 Å². The average molecular weight is 242 g/mol. The van der Waals surface area contributed by atoms with Crippen LogP contribution in [-0.2, 0) is 9.47 Å². The van der Waals surface area contributed by atoms with Crippen molar-refractivity contribution < 1.29 is 14.3 Å². The SMILES string of the molecule is CC#CCNN(CCOC)C(=O)OC(C)(C)C. The molecule has 0 aromatic carbocycles. The number of nitrogens with zero attached hydrogens (tertiary/aromatic N) is 1. The maximum Gasteiger partial charge on any atom is 0.424 e. The molecule has 17 heavy (non-hydrogen) atoms. The number of amides is 1. The maximum atomic E-state index is 11.8. The van der Waals surface area contributed by atoms with Crippen molar-refractivity contribution in [3.8, 4) is 11.8 Å². The summed E-state index contributed by atoms with van der Waals surface area (Å²) in [5.74, 6) is 5.57. The van der Waals surface area contributed by atoms with E-state index in [9.17, 15) is 4.79 Å². The standard InChI is InChI=1S/C12H22N2O3/c1-6-7-8-13-14(9-10-16-5)11(15)17-12(2,3)4/h13H,8-10H2,1-5H3. The predicted molar refractivity (Wildman–Crippen MR) is 66.3 cm³/mol. The van der Waals surface area contributed by atoms with Crippen molar-refractivity contribution in [3.05, 3.63) is 0 Å². The Bertz CT molecular complexity index is 286. The molecular weight excluding hydrogens is 220 g/mol. The van der Waals surface area contributed by atoms with E-state index in [1.807, 2.05) is 20.8 Å². The van der Waals surface area contributed by atoms with Crippen molar-refractivity contribution in [1.82, 2.24) is 10.4 Å².